The van der Waals surface area contributed by atoms with Crippen LogP contribution >= 0.6 is 0 Å². The Labute approximate surface area is 197 Å². The van der Waals surface area contributed by atoms with Crippen molar-refractivity contribution in [1.82, 2.24) is 15.8 Å². The van der Waals surface area contributed by atoms with Gasteiger partial charge in [0.1, 0.15) is 11.9 Å². The van der Waals surface area contributed by atoms with E-state index < -0.39 is 29.2 Å². The van der Waals surface area contributed by atoms with Crippen LogP contribution in [0.3, 0.4) is 0 Å². The fraction of sp³-hybridized carbons (Fsp3) is 0.680. The molecule has 0 radical (unpaired) electrons. The molecule has 1 fully saturated rings. The molecule has 1 aliphatic carbocycles. The summed E-state index contributed by atoms with van der Waals surface area (Å²) >= 11 is 0. The molecular formula is C25H40N4O4. The van der Waals surface area contributed by atoms with Crippen LogP contribution in [0.5, 0.6) is 0 Å². The van der Waals surface area contributed by atoms with Gasteiger partial charge in [-0.1, -0.05) is 59.9 Å². The quantitative estimate of drug-likeness (QED) is 0.329. The third kappa shape index (κ3) is 7.81. The number of pyridine rings is 1. The molecule has 0 saturated heterocycles. The van der Waals surface area contributed by atoms with E-state index in [0.717, 1.165) is 32.1 Å². The lowest BCUT2D eigenvalue weighted by atomic mass is 9.71. The topological polar surface area (TPSA) is 120 Å². The van der Waals surface area contributed by atoms with Crippen LogP contribution in [0.15, 0.2) is 24.4 Å². The first-order valence-corrected chi connectivity index (χ1v) is 12.0. The Bertz CT molecular complexity index is 785. The van der Waals surface area contributed by atoms with E-state index in [1.165, 1.54) is 0 Å². The minimum Gasteiger partial charge on any atom is -0.344 e. The van der Waals surface area contributed by atoms with Crippen molar-refractivity contribution in [2.45, 2.75) is 79.2 Å². The summed E-state index contributed by atoms with van der Waals surface area (Å²) in [5.41, 5.74) is 1.23. The Morgan fingerprint density at radius 1 is 1.06 bits per heavy atom. The molecule has 0 aromatic carbocycles. The van der Waals surface area contributed by atoms with Gasteiger partial charge in [0, 0.05) is 6.20 Å². The molecular weight excluding hydrogens is 420 g/mol. The van der Waals surface area contributed by atoms with E-state index in [9.17, 15) is 19.6 Å². The van der Waals surface area contributed by atoms with Gasteiger partial charge in [-0.3, -0.25) is 19.6 Å². The normalized spacial score (nSPS) is 17.7. The Kier molecular flexibility index (Phi) is 9.83. The van der Waals surface area contributed by atoms with Crippen LogP contribution in [-0.4, -0.2) is 34.0 Å². The van der Waals surface area contributed by atoms with Crippen molar-refractivity contribution in [1.29, 1.82) is 0 Å². The van der Waals surface area contributed by atoms with Crippen molar-refractivity contribution in [3.8, 4) is 0 Å². The number of hydrogen-bond acceptors (Lipinski definition) is 5. The highest BCUT2D eigenvalue weighted by molar-refractivity contribution is 5.98. The van der Waals surface area contributed by atoms with Crippen LogP contribution in [0.2, 0.25) is 0 Å². The van der Waals surface area contributed by atoms with Gasteiger partial charge in [0.2, 0.25) is 17.7 Å². The third-order valence-corrected chi connectivity index (χ3v) is 6.40. The monoisotopic (exact) mass is 460 g/mol. The molecule has 2 rings (SSSR count). The highest BCUT2D eigenvalue weighted by Crippen LogP contribution is 2.37. The molecule has 1 aliphatic rings. The van der Waals surface area contributed by atoms with E-state index in [2.05, 4.69) is 15.6 Å². The van der Waals surface area contributed by atoms with Crippen molar-refractivity contribution < 1.29 is 19.6 Å². The lowest BCUT2D eigenvalue weighted by Gasteiger charge is -2.37. The molecule has 0 aliphatic heterocycles. The second kappa shape index (κ2) is 12.1. The lowest BCUT2D eigenvalue weighted by Crippen LogP contribution is -2.55. The zero-order valence-electron chi connectivity index (χ0n) is 20.6. The first-order chi connectivity index (χ1) is 15.5. The Balaban J connectivity index is 2.30. The standard InChI is InChI=1S/C25H40N4O4/c1-16(2)15-18(20(23(31)29-33)17-11-7-6-8-12-17)22(30)28-21(25(3,4)5)24(32)27-19-13-9-10-14-26-19/h9-10,13-14,16-18,20-21,33H,6-8,11-12,15H2,1-5H3,(H,28,30)(H,29,31)(H,26,27,32)/t18-,20+,21-/m1/s1. The first kappa shape index (κ1) is 26.8. The molecule has 1 saturated carbocycles. The molecule has 0 spiro atoms. The number of hydrogen-bond donors (Lipinski definition) is 4. The van der Waals surface area contributed by atoms with Crippen LogP contribution in [0, 0.1) is 29.1 Å². The molecule has 3 atom stereocenters. The smallest absolute Gasteiger partial charge is 0.248 e. The predicted molar refractivity (Wildman–Crippen MR) is 127 cm³/mol. The number of carbonyl (C=O) groups excluding carboxylic acids is 3. The number of hydroxylamine groups is 1. The summed E-state index contributed by atoms with van der Waals surface area (Å²) in [5.74, 6) is -1.91. The second-order valence-electron chi connectivity index (χ2n) is 10.6. The van der Waals surface area contributed by atoms with Gasteiger partial charge in [0.05, 0.1) is 11.8 Å². The Morgan fingerprint density at radius 2 is 1.73 bits per heavy atom. The molecule has 3 amide bonds. The maximum absolute atomic E-state index is 13.6. The maximum Gasteiger partial charge on any atom is 0.248 e. The summed E-state index contributed by atoms with van der Waals surface area (Å²) in [6.45, 7) is 9.65. The molecule has 4 N–H and O–H groups in total. The number of nitrogens with one attached hydrogen (secondary N) is 3. The van der Waals surface area contributed by atoms with E-state index in [1.54, 1.807) is 29.9 Å². The van der Waals surface area contributed by atoms with Crippen LogP contribution in [0.1, 0.15) is 73.1 Å². The van der Waals surface area contributed by atoms with E-state index in [0.29, 0.717) is 12.2 Å². The summed E-state index contributed by atoms with van der Waals surface area (Å²) < 4.78 is 0. The van der Waals surface area contributed by atoms with Crippen LogP contribution in [0.4, 0.5) is 5.82 Å². The summed E-state index contributed by atoms with van der Waals surface area (Å²) in [6, 6.07) is 4.39. The van der Waals surface area contributed by atoms with Crippen molar-refractivity contribution in [2.75, 3.05) is 5.32 Å². The van der Waals surface area contributed by atoms with Gasteiger partial charge in [0.15, 0.2) is 0 Å². The summed E-state index contributed by atoms with van der Waals surface area (Å²) in [6.07, 6.45) is 6.90. The van der Waals surface area contributed by atoms with E-state index in [4.69, 9.17) is 0 Å². The molecule has 1 aromatic heterocycles. The SMILES string of the molecule is CC(C)C[C@@H](C(=O)N[C@H](C(=O)Nc1ccccn1)C(C)(C)C)[C@@H](C(=O)NO)C1CCCCC1. The highest BCUT2D eigenvalue weighted by atomic mass is 16.5. The number of amides is 3. The second-order valence-corrected chi connectivity index (χ2v) is 10.6. The highest BCUT2D eigenvalue weighted by Gasteiger charge is 2.42. The van der Waals surface area contributed by atoms with E-state index >= 15 is 0 Å². The molecule has 8 nitrogen and oxygen atoms in total. The van der Waals surface area contributed by atoms with Crippen molar-refractivity contribution in [3.05, 3.63) is 24.4 Å². The zero-order chi connectivity index (χ0) is 24.6. The summed E-state index contributed by atoms with van der Waals surface area (Å²) in [4.78, 5) is 43.6. The van der Waals surface area contributed by atoms with Gasteiger partial charge in [-0.15, -0.1) is 0 Å². The number of rotatable bonds is 9. The van der Waals surface area contributed by atoms with Crippen molar-refractivity contribution in [2.24, 2.45) is 29.1 Å². The fourth-order valence-electron chi connectivity index (χ4n) is 4.78. The van der Waals surface area contributed by atoms with Gasteiger partial charge in [-0.2, -0.15) is 0 Å². The third-order valence-electron chi connectivity index (χ3n) is 6.40. The number of carbonyl (C=O) groups is 3. The molecule has 8 heteroatoms. The van der Waals surface area contributed by atoms with Crippen molar-refractivity contribution >= 4 is 23.5 Å². The van der Waals surface area contributed by atoms with Gasteiger partial charge in [0.25, 0.3) is 0 Å². The Hall–Kier alpha value is -2.48. The molecule has 1 aromatic rings. The van der Waals surface area contributed by atoms with Gasteiger partial charge in [-0.05, 0) is 48.6 Å². The van der Waals surface area contributed by atoms with Crippen LogP contribution in [0.25, 0.3) is 0 Å². The zero-order valence-corrected chi connectivity index (χ0v) is 20.6. The summed E-state index contributed by atoms with van der Waals surface area (Å²) in [7, 11) is 0. The van der Waals surface area contributed by atoms with Crippen molar-refractivity contribution in [3.63, 3.8) is 0 Å². The van der Waals surface area contributed by atoms with Gasteiger partial charge < -0.3 is 10.6 Å². The largest absolute Gasteiger partial charge is 0.344 e. The first-order valence-electron chi connectivity index (χ1n) is 12.0. The molecule has 0 bridgehead atoms. The number of nitrogens with zero attached hydrogens (tertiary/aromatic N) is 1. The lowest BCUT2D eigenvalue weighted by molar-refractivity contribution is -0.144. The Morgan fingerprint density at radius 3 is 2.24 bits per heavy atom. The predicted octanol–water partition coefficient (Wildman–Crippen LogP) is 3.92. The molecule has 33 heavy (non-hydrogen) atoms. The minimum absolute atomic E-state index is 0.0239. The minimum atomic E-state index is -0.828. The number of aromatic nitrogens is 1. The molecule has 1 heterocycles. The number of anilines is 1. The average molecular weight is 461 g/mol. The molecule has 184 valence electrons. The molecule has 0 unspecified atom stereocenters. The van der Waals surface area contributed by atoms with Crippen LogP contribution < -0.4 is 16.1 Å². The van der Waals surface area contributed by atoms with Gasteiger partial charge in [-0.25, -0.2) is 10.5 Å². The summed E-state index contributed by atoms with van der Waals surface area (Å²) in [5, 5.41) is 15.2. The maximum atomic E-state index is 13.6. The average Bonchev–Trinajstić information content (AvgIpc) is 2.77. The fourth-order valence-corrected chi connectivity index (χ4v) is 4.78. The van der Waals surface area contributed by atoms with E-state index in [-0.39, 0.29) is 23.7 Å². The van der Waals surface area contributed by atoms with Gasteiger partial charge >= 0.3 is 0 Å². The van der Waals surface area contributed by atoms with Crippen LogP contribution in [-0.2, 0) is 14.4 Å². The van der Waals surface area contributed by atoms with E-state index in [1.807, 2.05) is 34.6 Å².